The molecule has 69 heavy (non-hydrogen) atoms. The first-order valence-electron chi connectivity index (χ1n) is 24.7. The Hall–Kier alpha value is -4.73. The van der Waals surface area contributed by atoms with Gasteiger partial charge in [-0.2, -0.15) is 0 Å². The first kappa shape index (κ1) is 47.9. The smallest absolute Gasteiger partial charge is 0.355 e. The van der Waals surface area contributed by atoms with Crippen LogP contribution in [0, 0.1) is 5.92 Å². The lowest BCUT2D eigenvalue weighted by Crippen LogP contribution is -2.59. The van der Waals surface area contributed by atoms with Gasteiger partial charge in [-0.05, 0) is 131 Å². The second kappa shape index (κ2) is 19.8. The SMILES string of the molecule is C[C@H](NP(=O)(Oc1ccccc1)[C@H](F)c1ccc2sc(C(=O)N[C@H]3CC[C@H](N(C)C4CC(F)C4)C[C@H]4CC[C@@H](C(=O)N5C[C@H](c6ccccc6)CC56CC6)N4C3=O)cc2c1)C(=O)OC[C@@H]1CCOC1. The lowest BCUT2D eigenvalue weighted by Gasteiger charge is -2.45. The van der Waals surface area contributed by atoms with Crippen LogP contribution in [0.3, 0.4) is 0 Å². The molecule has 1 unspecified atom stereocenters. The van der Waals surface area contributed by atoms with Gasteiger partial charge in [0.2, 0.25) is 17.7 Å². The zero-order valence-corrected chi connectivity index (χ0v) is 40.9. The van der Waals surface area contributed by atoms with E-state index in [4.69, 9.17) is 14.0 Å². The third-order valence-electron chi connectivity index (χ3n) is 15.7. The quantitative estimate of drug-likeness (QED) is 0.0877. The number of alkyl halides is 2. The molecule has 5 heterocycles. The standard InChI is InChI=1S/C52H62F2N5O8PS/c1-32(51(63)66-31-33-19-22-65-30-33)56-68(64,67-42-11-7-4-8-12-42)47(54)35-13-18-45-36(23-35)24-46(69-45)48(60)55-43-16-14-39(57(2)41-25-38(53)26-41)27-40-15-17-44(59(40)49(43)61)50(62)58-29-37(28-52(58)20-21-52)34-9-5-3-6-10-34/h3-13,18,23-24,32-33,37-41,43-44,47H,14-17,19-22,25-31H2,1-2H3,(H,55,60)(H,56,64)/t32-,33+,37+,38?,39-,40+,41?,43-,44-,47-,68?/m0/s1. The molecule has 9 atom stereocenters. The number of hydrogen-bond donors (Lipinski definition) is 2. The Morgan fingerprint density at radius 2 is 1.71 bits per heavy atom. The van der Waals surface area contributed by atoms with Crippen LogP contribution in [0.1, 0.15) is 110 Å². The topological polar surface area (TPSA) is 147 Å². The maximum Gasteiger partial charge on any atom is 0.355 e. The minimum atomic E-state index is -4.52. The summed E-state index contributed by atoms with van der Waals surface area (Å²) in [5.41, 5.74) is 1.04. The van der Waals surface area contributed by atoms with E-state index in [2.05, 4.69) is 32.3 Å². The number of para-hydroxylation sites is 1. The molecule has 0 bridgehead atoms. The van der Waals surface area contributed by atoms with Crippen molar-refractivity contribution >= 4 is 52.6 Å². The van der Waals surface area contributed by atoms with Crippen LogP contribution in [0.4, 0.5) is 8.78 Å². The molecule has 4 aromatic rings. The molecule has 3 amide bonds. The van der Waals surface area contributed by atoms with Crippen LogP contribution in [-0.2, 0) is 28.4 Å². The molecule has 2 saturated carbocycles. The Balaban J connectivity index is 0.874. The van der Waals surface area contributed by atoms with Crippen molar-refractivity contribution < 1.29 is 46.5 Å². The second-order valence-corrected chi connectivity index (χ2v) is 23.5. The van der Waals surface area contributed by atoms with E-state index >= 15 is 4.39 Å². The first-order valence-corrected chi connectivity index (χ1v) is 27.2. The van der Waals surface area contributed by atoms with Gasteiger partial charge >= 0.3 is 13.5 Å². The number of nitrogens with zero attached hydrogens (tertiary/aromatic N) is 3. The number of hydrogen-bond acceptors (Lipinski definition) is 10. The van der Waals surface area contributed by atoms with Gasteiger partial charge in [-0.1, -0.05) is 54.6 Å². The number of fused-ring (bicyclic) bond motifs is 2. The molecule has 368 valence electrons. The van der Waals surface area contributed by atoms with Gasteiger partial charge in [0.25, 0.3) is 5.91 Å². The third-order valence-corrected chi connectivity index (χ3v) is 18.9. The number of thiophene rings is 1. The Kier molecular flexibility index (Phi) is 13.8. The van der Waals surface area contributed by atoms with E-state index < -0.39 is 49.6 Å². The van der Waals surface area contributed by atoms with E-state index in [1.807, 2.05) is 25.2 Å². The highest BCUT2D eigenvalue weighted by Crippen LogP contribution is 2.58. The summed E-state index contributed by atoms with van der Waals surface area (Å²) in [6.07, 6.45) is 6.49. The molecule has 6 aliphatic rings. The Labute approximate surface area is 406 Å². The summed E-state index contributed by atoms with van der Waals surface area (Å²) in [6.45, 7) is 3.25. The molecule has 17 heteroatoms. The average molecular weight is 986 g/mol. The van der Waals surface area contributed by atoms with Gasteiger partial charge in [0.05, 0.1) is 18.1 Å². The molecular formula is C52H62F2N5O8PS. The van der Waals surface area contributed by atoms with Crippen LogP contribution in [0.5, 0.6) is 5.75 Å². The third kappa shape index (κ3) is 9.98. The molecule has 6 fully saturated rings. The van der Waals surface area contributed by atoms with Crippen molar-refractivity contribution in [3.8, 4) is 5.75 Å². The van der Waals surface area contributed by atoms with Crippen molar-refractivity contribution in [3.63, 3.8) is 0 Å². The summed E-state index contributed by atoms with van der Waals surface area (Å²) in [6, 6.07) is 21.9. The van der Waals surface area contributed by atoms with Crippen molar-refractivity contribution in [1.29, 1.82) is 0 Å². The minimum Gasteiger partial charge on any atom is -0.464 e. The predicted octanol–water partition coefficient (Wildman–Crippen LogP) is 8.69. The van der Waals surface area contributed by atoms with Crippen molar-refractivity contribution in [2.75, 3.05) is 33.4 Å². The number of likely N-dealkylation sites (tertiary alicyclic amines) is 1. The maximum atomic E-state index is 16.9. The second-order valence-electron chi connectivity index (χ2n) is 20.3. The largest absolute Gasteiger partial charge is 0.464 e. The normalized spacial score (nSPS) is 29.1. The van der Waals surface area contributed by atoms with Crippen molar-refractivity contribution in [1.82, 2.24) is 25.1 Å². The number of nitrogens with one attached hydrogen (secondary N) is 2. The van der Waals surface area contributed by atoms with Gasteiger partial charge in [0.15, 0.2) is 0 Å². The van der Waals surface area contributed by atoms with Crippen molar-refractivity contribution in [3.05, 3.63) is 101 Å². The molecule has 1 spiro atoms. The van der Waals surface area contributed by atoms with Crippen LogP contribution in [-0.4, -0.2) is 120 Å². The molecule has 13 nitrogen and oxygen atoms in total. The monoisotopic (exact) mass is 985 g/mol. The van der Waals surface area contributed by atoms with Gasteiger partial charge in [0, 0.05) is 53.4 Å². The van der Waals surface area contributed by atoms with Gasteiger partial charge in [-0.3, -0.25) is 23.7 Å². The number of esters is 1. The van der Waals surface area contributed by atoms with E-state index in [1.165, 1.54) is 36.0 Å². The minimum absolute atomic E-state index is 0.00968. The molecule has 2 N–H and O–H groups in total. The molecule has 3 aromatic carbocycles. The lowest BCUT2D eigenvalue weighted by atomic mass is 9.86. The molecule has 4 saturated heterocycles. The number of rotatable bonds is 15. The highest BCUT2D eigenvalue weighted by molar-refractivity contribution is 7.57. The fourth-order valence-electron chi connectivity index (χ4n) is 11.4. The Morgan fingerprint density at radius 1 is 0.957 bits per heavy atom. The summed E-state index contributed by atoms with van der Waals surface area (Å²) >= 11 is 1.18. The molecule has 10 rings (SSSR count). The summed E-state index contributed by atoms with van der Waals surface area (Å²) in [4.78, 5) is 63.6. The van der Waals surface area contributed by atoms with E-state index in [0.717, 1.165) is 25.7 Å². The summed E-state index contributed by atoms with van der Waals surface area (Å²) in [5, 5.41) is 6.22. The molecule has 2 aliphatic carbocycles. The highest BCUT2D eigenvalue weighted by atomic mass is 32.1. The molecular weight excluding hydrogens is 924 g/mol. The number of ether oxygens (including phenoxy) is 2. The molecule has 0 radical (unpaired) electrons. The van der Waals surface area contributed by atoms with E-state index in [1.54, 1.807) is 47.4 Å². The average Bonchev–Trinajstić information content (AvgIpc) is 3.79. The van der Waals surface area contributed by atoms with Gasteiger partial charge in [0.1, 0.15) is 30.0 Å². The summed E-state index contributed by atoms with van der Waals surface area (Å²) in [7, 11) is -2.49. The molecule has 4 aliphatic heterocycles. The number of amides is 3. The number of benzene rings is 3. The van der Waals surface area contributed by atoms with Crippen LogP contribution >= 0.6 is 18.9 Å². The Bertz CT molecular complexity index is 2570. The maximum absolute atomic E-state index is 16.9. The molecule has 1 aromatic heterocycles. The summed E-state index contributed by atoms with van der Waals surface area (Å²) < 4.78 is 63.0. The zero-order valence-electron chi connectivity index (χ0n) is 39.2. The number of carbonyl (C=O) groups excluding carboxylic acids is 4. The fourth-order valence-corrected chi connectivity index (χ4v) is 14.3. The van der Waals surface area contributed by atoms with Crippen LogP contribution in [0.25, 0.3) is 10.1 Å². The first-order chi connectivity index (χ1) is 33.3. The van der Waals surface area contributed by atoms with Crippen molar-refractivity contribution in [2.45, 2.75) is 137 Å². The highest BCUT2D eigenvalue weighted by Gasteiger charge is 2.59. The van der Waals surface area contributed by atoms with Gasteiger partial charge in [-0.15, -0.1) is 11.3 Å². The van der Waals surface area contributed by atoms with Crippen LogP contribution < -0.4 is 14.9 Å². The van der Waals surface area contributed by atoms with Gasteiger partial charge < -0.3 is 34.0 Å². The fraction of sp³-hybridized carbons (Fsp3) is 0.538. The zero-order chi connectivity index (χ0) is 48.0. The summed E-state index contributed by atoms with van der Waals surface area (Å²) in [5.74, 6) is -3.26. The van der Waals surface area contributed by atoms with Crippen LogP contribution in [0.2, 0.25) is 0 Å². The van der Waals surface area contributed by atoms with E-state index in [-0.39, 0.29) is 65.2 Å². The van der Waals surface area contributed by atoms with E-state index in [0.29, 0.717) is 79.7 Å². The number of halogens is 2. The Morgan fingerprint density at radius 3 is 2.42 bits per heavy atom. The lowest BCUT2D eigenvalue weighted by molar-refractivity contribution is -0.148. The van der Waals surface area contributed by atoms with E-state index in [9.17, 15) is 28.1 Å². The van der Waals surface area contributed by atoms with Crippen LogP contribution in [0.15, 0.2) is 84.9 Å². The predicted molar refractivity (Wildman–Crippen MR) is 259 cm³/mol. The van der Waals surface area contributed by atoms with Gasteiger partial charge in [-0.25, -0.2) is 13.9 Å². The van der Waals surface area contributed by atoms with Crippen molar-refractivity contribution in [2.24, 2.45) is 5.92 Å². The number of carbonyl (C=O) groups is 4.